The summed E-state index contributed by atoms with van der Waals surface area (Å²) in [7, 11) is -3.42. The topological polar surface area (TPSA) is 128 Å². The highest BCUT2D eigenvalue weighted by Gasteiger charge is 2.15. The van der Waals surface area contributed by atoms with Gasteiger partial charge in [0, 0.05) is 24.6 Å². The highest BCUT2D eigenvalue weighted by atomic mass is 32.2. The lowest BCUT2D eigenvalue weighted by atomic mass is 9.90. The molecule has 1 aliphatic rings. The van der Waals surface area contributed by atoms with Crippen LogP contribution >= 0.6 is 0 Å². The zero-order chi connectivity index (χ0) is 20.8. The summed E-state index contributed by atoms with van der Waals surface area (Å²) < 4.78 is 24.0. The molecule has 10 heteroatoms. The molecule has 0 unspecified atom stereocenters. The number of sulfonamides is 1. The van der Waals surface area contributed by atoms with Crippen molar-refractivity contribution < 1.29 is 13.3 Å². The number of nitrogens with one attached hydrogen (secondary N) is 3. The number of rotatable bonds is 11. The highest BCUT2D eigenvalue weighted by molar-refractivity contribution is 7.89. The van der Waals surface area contributed by atoms with Gasteiger partial charge in [-0.2, -0.15) is 5.26 Å². The Morgan fingerprint density at radius 1 is 1.21 bits per heavy atom. The van der Waals surface area contributed by atoms with E-state index in [0.717, 1.165) is 18.5 Å². The first kappa shape index (κ1) is 23.1. The molecular formula is C19H30N6O3S. The van der Waals surface area contributed by atoms with Gasteiger partial charge < -0.3 is 5.32 Å². The third-order valence-electron chi connectivity index (χ3n) is 4.69. The molecule has 1 saturated carbocycles. The average molecular weight is 423 g/mol. The number of hydrogen-bond acceptors (Lipinski definition) is 6. The zero-order valence-electron chi connectivity index (χ0n) is 16.6. The summed E-state index contributed by atoms with van der Waals surface area (Å²) in [4.78, 5) is 15.7. The normalized spacial score (nSPS) is 15.6. The van der Waals surface area contributed by atoms with Crippen LogP contribution in [0, 0.1) is 17.4 Å². The predicted molar refractivity (Wildman–Crippen MR) is 112 cm³/mol. The van der Waals surface area contributed by atoms with Crippen molar-refractivity contribution in [3.63, 3.8) is 0 Å². The second-order valence-electron chi connectivity index (χ2n) is 7.11. The van der Waals surface area contributed by atoms with E-state index in [2.05, 4.69) is 25.5 Å². The van der Waals surface area contributed by atoms with Crippen molar-refractivity contribution in [1.29, 1.82) is 5.26 Å². The number of guanidine groups is 1. The molecule has 0 bridgehead atoms. The lowest BCUT2D eigenvalue weighted by Gasteiger charge is -2.20. The second kappa shape index (κ2) is 13.1. The molecule has 1 aliphatic carbocycles. The maximum absolute atomic E-state index is 12.0. The van der Waals surface area contributed by atoms with E-state index in [1.807, 2.05) is 6.19 Å². The molecule has 2 rings (SSSR count). The molecule has 0 atom stereocenters. The Bertz CT molecular complexity index is 758. The summed E-state index contributed by atoms with van der Waals surface area (Å²) in [5.41, 5.74) is 0.770. The molecule has 1 aromatic rings. The third-order valence-corrected chi connectivity index (χ3v) is 5.89. The minimum Gasteiger partial charge on any atom is -0.325 e. The molecule has 0 amide bonds. The van der Waals surface area contributed by atoms with E-state index < -0.39 is 10.0 Å². The molecule has 0 aliphatic heterocycles. The van der Waals surface area contributed by atoms with Crippen molar-refractivity contribution in [3.8, 4) is 6.19 Å². The molecule has 0 radical (unpaired) electrons. The van der Waals surface area contributed by atoms with Crippen molar-refractivity contribution in [2.45, 2.75) is 51.4 Å². The van der Waals surface area contributed by atoms with Crippen LogP contribution in [0.15, 0.2) is 29.5 Å². The van der Waals surface area contributed by atoms with Gasteiger partial charge in [-0.1, -0.05) is 30.6 Å². The van der Waals surface area contributed by atoms with Crippen molar-refractivity contribution in [1.82, 2.24) is 15.2 Å². The average Bonchev–Trinajstić information content (AvgIpc) is 2.72. The van der Waals surface area contributed by atoms with Gasteiger partial charge in [0.05, 0.1) is 12.4 Å². The van der Waals surface area contributed by atoms with E-state index in [0.29, 0.717) is 44.3 Å². The number of aliphatic imine (C=N–C) groups is 1. The lowest BCUT2D eigenvalue weighted by molar-refractivity contribution is 0.0519. The number of aromatic nitrogens is 1. The molecule has 0 saturated heterocycles. The number of unbranched alkanes of at least 4 members (excludes halogenated alkanes) is 2. The first-order chi connectivity index (χ1) is 14.1. The second-order valence-corrected chi connectivity index (χ2v) is 8.91. The number of nitriles is 1. The van der Waals surface area contributed by atoms with Gasteiger partial charge >= 0.3 is 0 Å². The van der Waals surface area contributed by atoms with Crippen LogP contribution in [-0.4, -0.2) is 38.3 Å². The fourth-order valence-electron chi connectivity index (χ4n) is 3.14. The molecule has 160 valence electrons. The SMILES string of the molecule is N#CNC(=NCCCCCS(=O)(=O)NOCC1CCCCC1)Nc1ccncc1. The molecule has 29 heavy (non-hydrogen) atoms. The van der Waals surface area contributed by atoms with E-state index in [1.54, 1.807) is 24.5 Å². The first-order valence-corrected chi connectivity index (χ1v) is 11.7. The van der Waals surface area contributed by atoms with Crippen LogP contribution < -0.4 is 15.5 Å². The van der Waals surface area contributed by atoms with Crippen LogP contribution in [-0.2, 0) is 14.9 Å². The summed E-state index contributed by atoms with van der Waals surface area (Å²) in [6.45, 7) is 0.931. The van der Waals surface area contributed by atoms with Crippen LogP contribution in [0.25, 0.3) is 0 Å². The summed E-state index contributed by atoms with van der Waals surface area (Å²) in [6.07, 6.45) is 13.0. The predicted octanol–water partition coefficient (Wildman–Crippen LogP) is 2.52. The Kier molecular flexibility index (Phi) is 10.4. The van der Waals surface area contributed by atoms with Gasteiger partial charge in [0.2, 0.25) is 16.0 Å². The summed E-state index contributed by atoms with van der Waals surface area (Å²) >= 11 is 0. The van der Waals surface area contributed by atoms with Gasteiger partial charge in [-0.15, -0.1) is 0 Å². The molecule has 1 fully saturated rings. The monoisotopic (exact) mass is 422 g/mol. The Morgan fingerprint density at radius 3 is 2.69 bits per heavy atom. The highest BCUT2D eigenvalue weighted by Crippen LogP contribution is 2.23. The fraction of sp³-hybridized carbons (Fsp3) is 0.632. The number of hydrogen-bond donors (Lipinski definition) is 3. The lowest BCUT2D eigenvalue weighted by Crippen LogP contribution is -2.29. The fourth-order valence-corrected chi connectivity index (χ4v) is 4.06. The van der Waals surface area contributed by atoms with Crippen molar-refractivity contribution in [2.24, 2.45) is 10.9 Å². The minimum atomic E-state index is -3.42. The van der Waals surface area contributed by atoms with Crippen LogP contribution in [0.4, 0.5) is 5.69 Å². The molecular weight excluding hydrogens is 392 g/mol. The Labute approximate surface area is 173 Å². The Morgan fingerprint density at radius 2 is 1.97 bits per heavy atom. The Hall–Kier alpha value is -2.22. The smallest absolute Gasteiger partial charge is 0.233 e. The number of nitrogens with zero attached hydrogens (tertiary/aromatic N) is 3. The molecule has 0 aromatic carbocycles. The van der Waals surface area contributed by atoms with Crippen molar-refractivity contribution in [2.75, 3.05) is 24.2 Å². The standard InChI is InChI=1S/C19H30N6O3S/c20-16-23-19(24-18-9-12-21-13-10-18)22-11-5-2-6-14-29(26,27)25-28-15-17-7-3-1-4-8-17/h9-10,12-13,17,25H,1-8,11,14-15H2,(H2,21,22,23,24). The van der Waals surface area contributed by atoms with Gasteiger partial charge in [-0.25, -0.2) is 8.42 Å². The summed E-state index contributed by atoms with van der Waals surface area (Å²) in [5.74, 6) is 0.838. The maximum Gasteiger partial charge on any atom is 0.233 e. The van der Waals surface area contributed by atoms with Gasteiger partial charge in [0.15, 0.2) is 6.19 Å². The number of pyridine rings is 1. The summed E-state index contributed by atoms with van der Waals surface area (Å²) in [6, 6.07) is 3.53. The van der Waals surface area contributed by atoms with Gasteiger partial charge in [0.25, 0.3) is 0 Å². The quantitative estimate of drug-likeness (QED) is 0.125. The van der Waals surface area contributed by atoms with Gasteiger partial charge in [-0.3, -0.25) is 20.1 Å². The van der Waals surface area contributed by atoms with E-state index in [9.17, 15) is 8.42 Å². The Balaban J connectivity index is 1.60. The molecule has 1 heterocycles. The zero-order valence-corrected chi connectivity index (χ0v) is 17.5. The van der Waals surface area contributed by atoms with Crippen molar-refractivity contribution >= 4 is 21.7 Å². The number of anilines is 1. The largest absolute Gasteiger partial charge is 0.325 e. The minimum absolute atomic E-state index is 0.0277. The van der Waals surface area contributed by atoms with E-state index in [-0.39, 0.29) is 5.75 Å². The van der Waals surface area contributed by atoms with Crippen molar-refractivity contribution in [3.05, 3.63) is 24.5 Å². The molecule has 3 N–H and O–H groups in total. The van der Waals surface area contributed by atoms with E-state index in [4.69, 9.17) is 10.1 Å². The van der Waals surface area contributed by atoms with Crippen LogP contribution in [0.3, 0.4) is 0 Å². The molecule has 9 nitrogen and oxygen atoms in total. The summed E-state index contributed by atoms with van der Waals surface area (Å²) in [5, 5.41) is 14.3. The van der Waals surface area contributed by atoms with Crippen LogP contribution in [0.1, 0.15) is 51.4 Å². The van der Waals surface area contributed by atoms with Crippen LogP contribution in [0.5, 0.6) is 0 Å². The maximum atomic E-state index is 12.0. The van der Waals surface area contributed by atoms with E-state index in [1.165, 1.54) is 19.3 Å². The third kappa shape index (κ3) is 10.2. The van der Waals surface area contributed by atoms with Crippen LogP contribution in [0.2, 0.25) is 0 Å². The molecule has 1 aromatic heterocycles. The van der Waals surface area contributed by atoms with Gasteiger partial charge in [-0.05, 0) is 43.7 Å². The molecule has 0 spiro atoms. The van der Waals surface area contributed by atoms with Gasteiger partial charge in [0.1, 0.15) is 0 Å². The first-order valence-electron chi connectivity index (χ1n) is 10.1. The van der Waals surface area contributed by atoms with E-state index >= 15 is 0 Å².